The minimum absolute atomic E-state index is 0.493. The van der Waals surface area contributed by atoms with Gasteiger partial charge < -0.3 is 9.73 Å². The van der Waals surface area contributed by atoms with E-state index in [4.69, 9.17) is 4.42 Å². The smallest absolute Gasteiger partial charge is 0.104 e. The van der Waals surface area contributed by atoms with Gasteiger partial charge in [0.05, 0.1) is 6.26 Å². The van der Waals surface area contributed by atoms with E-state index in [1.54, 1.807) is 6.26 Å². The van der Waals surface area contributed by atoms with Gasteiger partial charge in [0.2, 0.25) is 0 Å². The Kier molecular flexibility index (Phi) is 2.40. The minimum atomic E-state index is 0.493. The molecule has 0 amide bonds. The second-order valence-corrected chi connectivity index (χ2v) is 4.14. The van der Waals surface area contributed by atoms with Crippen molar-refractivity contribution in [3.05, 3.63) is 24.2 Å². The zero-order chi connectivity index (χ0) is 9.15. The lowest BCUT2D eigenvalue weighted by Crippen LogP contribution is -2.40. The Labute approximate surface area is 79.3 Å². The first-order valence-corrected chi connectivity index (χ1v) is 5.02. The van der Waals surface area contributed by atoms with E-state index in [1.807, 2.05) is 13.1 Å². The van der Waals surface area contributed by atoms with E-state index in [-0.39, 0.29) is 0 Å². The fraction of sp³-hybridized carbons (Fsp3) is 0.636. The molecule has 2 heteroatoms. The molecule has 1 saturated carbocycles. The highest BCUT2D eigenvalue weighted by molar-refractivity contribution is 5.05. The summed E-state index contributed by atoms with van der Waals surface area (Å²) in [5, 5.41) is 3.28. The highest BCUT2D eigenvalue weighted by Gasteiger charge is 2.36. The molecule has 0 aromatic carbocycles. The van der Waals surface area contributed by atoms with Crippen LogP contribution in [0, 0.1) is 5.41 Å². The van der Waals surface area contributed by atoms with Gasteiger partial charge >= 0.3 is 0 Å². The molecule has 2 rings (SSSR count). The van der Waals surface area contributed by atoms with Gasteiger partial charge in [-0.2, -0.15) is 0 Å². The fourth-order valence-electron chi connectivity index (χ4n) is 2.25. The van der Waals surface area contributed by atoms with E-state index in [1.165, 1.54) is 19.3 Å². The molecule has 13 heavy (non-hydrogen) atoms. The van der Waals surface area contributed by atoms with Gasteiger partial charge in [-0.15, -0.1) is 0 Å². The molecule has 0 radical (unpaired) electrons. The van der Waals surface area contributed by atoms with Gasteiger partial charge in [-0.25, -0.2) is 0 Å². The van der Waals surface area contributed by atoms with Crippen LogP contribution in [0.25, 0.3) is 0 Å². The Hall–Kier alpha value is -0.760. The molecule has 2 nitrogen and oxygen atoms in total. The first-order chi connectivity index (χ1) is 6.35. The highest BCUT2D eigenvalue weighted by atomic mass is 16.3. The van der Waals surface area contributed by atoms with Crippen molar-refractivity contribution < 1.29 is 4.42 Å². The highest BCUT2D eigenvalue weighted by Crippen LogP contribution is 2.43. The average molecular weight is 179 g/mol. The van der Waals surface area contributed by atoms with Crippen molar-refractivity contribution in [1.29, 1.82) is 0 Å². The van der Waals surface area contributed by atoms with Crippen molar-refractivity contribution >= 4 is 0 Å². The van der Waals surface area contributed by atoms with Crippen molar-refractivity contribution in [1.82, 2.24) is 5.32 Å². The quantitative estimate of drug-likeness (QED) is 0.766. The summed E-state index contributed by atoms with van der Waals surface area (Å²) in [6.07, 6.45) is 6.92. The summed E-state index contributed by atoms with van der Waals surface area (Å²) in [5.74, 6) is 1.13. The number of hydrogen-bond acceptors (Lipinski definition) is 2. The first kappa shape index (κ1) is 8.82. The number of rotatable bonds is 4. The van der Waals surface area contributed by atoms with Crippen LogP contribution in [0.15, 0.2) is 22.8 Å². The molecule has 0 bridgehead atoms. The van der Waals surface area contributed by atoms with Crippen LogP contribution in [0.2, 0.25) is 0 Å². The van der Waals surface area contributed by atoms with Crippen LogP contribution in [0.3, 0.4) is 0 Å². The van der Waals surface area contributed by atoms with Crippen LogP contribution in [-0.4, -0.2) is 13.6 Å². The minimum Gasteiger partial charge on any atom is -0.469 e. The Bertz CT molecular complexity index is 249. The van der Waals surface area contributed by atoms with Gasteiger partial charge in [0.1, 0.15) is 5.76 Å². The largest absolute Gasteiger partial charge is 0.469 e. The van der Waals surface area contributed by atoms with E-state index in [0.717, 1.165) is 18.7 Å². The van der Waals surface area contributed by atoms with E-state index < -0.39 is 0 Å². The van der Waals surface area contributed by atoms with Gasteiger partial charge in [0.15, 0.2) is 0 Å². The van der Waals surface area contributed by atoms with Gasteiger partial charge in [-0.05, 0) is 37.4 Å². The molecular weight excluding hydrogens is 162 g/mol. The zero-order valence-electron chi connectivity index (χ0n) is 8.18. The van der Waals surface area contributed by atoms with E-state index in [0.29, 0.717) is 5.41 Å². The molecule has 72 valence electrons. The van der Waals surface area contributed by atoms with E-state index >= 15 is 0 Å². The number of furan rings is 1. The van der Waals surface area contributed by atoms with Crippen LogP contribution in [0.5, 0.6) is 0 Å². The topological polar surface area (TPSA) is 25.2 Å². The lowest BCUT2D eigenvalue weighted by molar-refractivity contribution is 0.125. The maximum absolute atomic E-state index is 5.38. The Morgan fingerprint density at radius 1 is 1.54 bits per heavy atom. The predicted molar refractivity (Wildman–Crippen MR) is 52.6 cm³/mol. The second kappa shape index (κ2) is 3.54. The third-order valence-electron chi connectivity index (χ3n) is 3.10. The lowest BCUT2D eigenvalue weighted by atomic mass is 9.66. The Morgan fingerprint density at radius 2 is 2.38 bits per heavy atom. The van der Waals surface area contributed by atoms with Crippen LogP contribution < -0.4 is 5.32 Å². The fourth-order valence-corrected chi connectivity index (χ4v) is 2.25. The molecule has 1 aromatic rings. The first-order valence-electron chi connectivity index (χ1n) is 5.02. The molecule has 1 N–H and O–H groups in total. The molecule has 0 atom stereocenters. The number of nitrogens with one attached hydrogen (secondary N) is 1. The van der Waals surface area contributed by atoms with Crippen LogP contribution in [0.4, 0.5) is 0 Å². The number of hydrogen-bond donors (Lipinski definition) is 1. The predicted octanol–water partition coefficient (Wildman–Crippen LogP) is 2.21. The van der Waals surface area contributed by atoms with Crippen molar-refractivity contribution in [2.45, 2.75) is 25.7 Å². The molecule has 1 heterocycles. The SMILES string of the molecule is CNCC1(Cc2ccco2)CCC1. The summed E-state index contributed by atoms with van der Waals surface area (Å²) in [5.41, 5.74) is 0.493. The van der Waals surface area contributed by atoms with Crippen LogP contribution >= 0.6 is 0 Å². The van der Waals surface area contributed by atoms with Crippen molar-refractivity contribution in [2.75, 3.05) is 13.6 Å². The molecule has 0 spiro atoms. The zero-order valence-corrected chi connectivity index (χ0v) is 8.18. The molecule has 1 aliphatic carbocycles. The molecule has 0 aliphatic heterocycles. The van der Waals surface area contributed by atoms with Gasteiger partial charge in [0.25, 0.3) is 0 Å². The standard InChI is InChI=1S/C11H17NO/c1-12-9-11(5-3-6-11)8-10-4-2-7-13-10/h2,4,7,12H,3,5-6,8-9H2,1H3. The average Bonchev–Trinajstić information content (AvgIpc) is 2.53. The Morgan fingerprint density at radius 3 is 2.85 bits per heavy atom. The summed E-state index contributed by atoms with van der Waals surface area (Å²) >= 11 is 0. The summed E-state index contributed by atoms with van der Waals surface area (Å²) in [6, 6.07) is 4.05. The molecular formula is C11H17NO. The van der Waals surface area contributed by atoms with Crippen LogP contribution in [0.1, 0.15) is 25.0 Å². The molecule has 1 aromatic heterocycles. The summed E-state index contributed by atoms with van der Waals surface area (Å²) in [6.45, 7) is 1.12. The Balaban J connectivity index is 1.98. The maximum Gasteiger partial charge on any atom is 0.104 e. The van der Waals surface area contributed by atoms with Gasteiger partial charge in [-0.1, -0.05) is 6.42 Å². The van der Waals surface area contributed by atoms with Gasteiger partial charge in [-0.3, -0.25) is 0 Å². The monoisotopic (exact) mass is 179 g/mol. The molecule has 0 unspecified atom stereocenters. The third kappa shape index (κ3) is 1.78. The van der Waals surface area contributed by atoms with Crippen molar-refractivity contribution in [3.8, 4) is 0 Å². The van der Waals surface area contributed by atoms with E-state index in [2.05, 4.69) is 11.4 Å². The van der Waals surface area contributed by atoms with Gasteiger partial charge in [0, 0.05) is 13.0 Å². The summed E-state index contributed by atoms with van der Waals surface area (Å²) in [7, 11) is 2.03. The second-order valence-electron chi connectivity index (χ2n) is 4.14. The van der Waals surface area contributed by atoms with Crippen LogP contribution in [-0.2, 0) is 6.42 Å². The molecule has 0 saturated heterocycles. The third-order valence-corrected chi connectivity index (χ3v) is 3.10. The molecule has 1 fully saturated rings. The van der Waals surface area contributed by atoms with Crippen molar-refractivity contribution in [2.24, 2.45) is 5.41 Å². The summed E-state index contributed by atoms with van der Waals surface area (Å²) in [4.78, 5) is 0. The maximum atomic E-state index is 5.38. The summed E-state index contributed by atoms with van der Waals surface area (Å²) < 4.78 is 5.38. The van der Waals surface area contributed by atoms with Crippen molar-refractivity contribution in [3.63, 3.8) is 0 Å². The normalized spacial score (nSPS) is 19.8. The van der Waals surface area contributed by atoms with E-state index in [9.17, 15) is 0 Å². The molecule has 1 aliphatic rings. The lowest BCUT2D eigenvalue weighted by Gasteiger charge is -2.41.